The number of benzene rings is 2. The highest BCUT2D eigenvalue weighted by atomic mass is 35.5. The summed E-state index contributed by atoms with van der Waals surface area (Å²) in [5, 5.41) is 3.41. The predicted molar refractivity (Wildman–Crippen MR) is 112 cm³/mol. The third kappa shape index (κ3) is 4.23. The lowest BCUT2D eigenvalue weighted by molar-refractivity contribution is 0.102. The van der Waals surface area contributed by atoms with E-state index in [9.17, 15) is 4.79 Å². The van der Waals surface area contributed by atoms with Crippen molar-refractivity contribution in [1.29, 1.82) is 0 Å². The van der Waals surface area contributed by atoms with E-state index in [1.807, 2.05) is 12.1 Å². The van der Waals surface area contributed by atoms with Gasteiger partial charge in [-0.3, -0.25) is 4.79 Å². The normalized spacial score (nSPS) is 14.0. The van der Waals surface area contributed by atoms with Crippen LogP contribution in [0.5, 0.6) is 0 Å². The Hall–Kier alpha value is -3.12. The molecule has 1 amide bonds. The van der Waals surface area contributed by atoms with Crippen molar-refractivity contribution in [3.63, 3.8) is 0 Å². The molecule has 7 heteroatoms. The van der Waals surface area contributed by atoms with Crippen LogP contribution in [0.25, 0.3) is 0 Å². The standard InChI is InChI=1S/C21H20ClN5O/c22-17-8-6-16(7-9-17)21(28)25-19-14-20(24-15-23-19)27-12-10-26(11-13-27)18-4-2-1-3-5-18/h1-9,14-15H,10-13H2,(H,23,24,25,28). The van der Waals surface area contributed by atoms with E-state index in [1.54, 1.807) is 24.3 Å². The topological polar surface area (TPSA) is 61.4 Å². The van der Waals surface area contributed by atoms with Gasteiger partial charge in [0, 0.05) is 48.5 Å². The summed E-state index contributed by atoms with van der Waals surface area (Å²) >= 11 is 5.87. The number of nitrogens with zero attached hydrogens (tertiary/aromatic N) is 4. The lowest BCUT2D eigenvalue weighted by Gasteiger charge is -2.36. The summed E-state index contributed by atoms with van der Waals surface area (Å²) in [6, 6.07) is 19.0. The minimum Gasteiger partial charge on any atom is -0.368 e. The molecule has 0 spiro atoms. The number of nitrogens with one attached hydrogen (secondary N) is 1. The number of aromatic nitrogens is 2. The molecule has 1 fully saturated rings. The summed E-state index contributed by atoms with van der Waals surface area (Å²) in [5.74, 6) is 1.07. The average Bonchev–Trinajstić information content (AvgIpc) is 2.75. The van der Waals surface area contributed by atoms with Gasteiger partial charge in [0.2, 0.25) is 0 Å². The molecule has 2 aromatic carbocycles. The number of hydrogen-bond acceptors (Lipinski definition) is 5. The summed E-state index contributed by atoms with van der Waals surface area (Å²) in [5.41, 5.74) is 1.77. The monoisotopic (exact) mass is 393 g/mol. The lowest BCUT2D eigenvalue weighted by Crippen LogP contribution is -2.46. The Morgan fingerprint density at radius 2 is 1.57 bits per heavy atom. The van der Waals surface area contributed by atoms with Gasteiger partial charge < -0.3 is 15.1 Å². The fourth-order valence-electron chi connectivity index (χ4n) is 3.21. The zero-order chi connectivity index (χ0) is 19.3. The van der Waals surface area contributed by atoms with E-state index in [2.05, 4.69) is 49.4 Å². The molecule has 0 aliphatic carbocycles. The Morgan fingerprint density at radius 1 is 0.893 bits per heavy atom. The minimum absolute atomic E-state index is 0.227. The van der Waals surface area contributed by atoms with E-state index < -0.39 is 0 Å². The zero-order valence-corrected chi connectivity index (χ0v) is 16.0. The molecular weight excluding hydrogens is 374 g/mol. The minimum atomic E-state index is -0.227. The fraction of sp³-hybridized carbons (Fsp3) is 0.190. The third-order valence-electron chi connectivity index (χ3n) is 4.73. The Balaban J connectivity index is 1.40. The second-order valence-corrected chi connectivity index (χ2v) is 6.97. The molecule has 142 valence electrons. The Kier molecular flexibility index (Phi) is 5.39. The summed E-state index contributed by atoms with van der Waals surface area (Å²) in [4.78, 5) is 25.5. The maximum Gasteiger partial charge on any atom is 0.256 e. The van der Waals surface area contributed by atoms with E-state index in [-0.39, 0.29) is 5.91 Å². The molecule has 0 saturated carbocycles. The molecule has 28 heavy (non-hydrogen) atoms. The summed E-state index contributed by atoms with van der Waals surface area (Å²) in [7, 11) is 0. The first kappa shape index (κ1) is 18.3. The molecule has 1 N–H and O–H groups in total. The van der Waals surface area contributed by atoms with E-state index >= 15 is 0 Å². The van der Waals surface area contributed by atoms with Crippen LogP contribution in [0.15, 0.2) is 67.0 Å². The van der Waals surface area contributed by atoms with Crippen molar-refractivity contribution in [3.05, 3.63) is 77.6 Å². The Bertz CT molecular complexity index is 941. The maximum atomic E-state index is 12.4. The molecular formula is C21H20ClN5O. The average molecular weight is 394 g/mol. The summed E-state index contributed by atoms with van der Waals surface area (Å²) < 4.78 is 0. The molecule has 0 unspecified atom stereocenters. The Labute approximate surface area is 168 Å². The van der Waals surface area contributed by atoms with Crippen LogP contribution in [0.4, 0.5) is 17.3 Å². The van der Waals surface area contributed by atoms with Crippen LogP contribution in [0, 0.1) is 0 Å². The molecule has 1 aliphatic rings. The van der Waals surface area contributed by atoms with Crippen LogP contribution < -0.4 is 15.1 Å². The zero-order valence-electron chi connectivity index (χ0n) is 15.3. The largest absolute Gasteiger partial charge is 0.368 e. The van der Waals surface area contributed by atoms with Crippen LogP contribution in [-0.2, 0) is 0 Å². The van der Waals surface area contributed by atoms with Crippen LogP contribution in [-0.4, -0.2) is 42.1 Å². The summed E-state index contributed by atoms with van der Waals surface area (Å²) in [6.45, 7) is 3.55. The molecule has 0 atom stereocenters. The van der Waals surface area contributed by atoms with Crippen LogP contribution >= 0.6 is 11.6 Å². The molecule has 0 bridgehead atoms. The molecule has 1 aromatic heterocycles. The first-order valence-electron chi connectivity index (χ1n) is 9.13. The molecule has 0 radical (unpaired) electrons. The number of carbonyl (C=O) groups is 1. The van der Waals surface area contributed by atoms with E-state index in [0.29, 0.717) is 16.4 Å². The van der Waals surface area contributed by atoms with E-state index in [0.717, 1.165) is 32.0 Å². The first-order chi connectivity index (χ1) is 13.7. The molecule has 1 saturated heterocycles. The highest BCUT2D eigenvalue weighted by Crippen LogP contribution is 2.20. The van der Waals surface area contributed by atoms with Crippen molar-refractivity contribution < 1.29 is 4.79 Å². The number of hydrogen-bond donors (Lipinski definition) is 1. The van der Waals surface area contributed by atoms with Crippen molar-refractivity contribution in [3.8, 4) is 0 Å². The third-order valence-corrected chi connectivity index (χ3v) is 4.98. The van der Waals surface area contributed by atoms with Crippen molar-refractivity contribution in [1.82, 2.24) is 9.97 Å². The quantitative estimate of drug-likeness (QED) is 0.732. The number of para-hydroxylation sites is 1. The van der Waals surface area contributed by atoms with Crippen LogP contribution in [0.2, 0.25) is 5.02 Å². The molecule has 3 aromatic rings. The lowest BCUT2D eigenvalue weighted by atomic mass is 10.2. The van der Waals surface area contributed by atoms with E-state index in [1.165, 1.54) is 12.0 Å². The van der Waals surface area contributed by atoms with E-state index in [4.69, 9.17) is 11.6 Å². The van der Waals surface area contributed by atoms with Gasteiger partial charge in [0.1, 0.15) is 18.0 Å². The van der Waals surface area contributed by atoms with Crippen molar-refractivity contribution in [2.75, 3.05) is 41.3 Å². The van der Waals surface area contributed by atoms with Crippen LogP contribution in [0.1, 0.15) is 10.4 Å². The highest BCUT2D eigenvalue weighted by Gasteiger charge is 2.19. The first-order valence-corrected chi connectivity index (χ1v) is 9.51. The number of amides is 1. The number of carbonyl (C=O) groups excluding carboxylic acids is 1. The van der Waals surface area contributed by atoms with Gasteiger partial charge in [0.05, 0.1) is 0 Å². The fourth-order valence-corrected chi connectivity index (χ4v) is 3.34. The maximum absolute atomic E-state index is 12.4. The van der Waals surface area contributed by atoms with Gasteiger partial charge in [-0.1, -0.05) is 29.8 Å². The molecule has 1 aliphatic heterocycles. The second-order valence-electron chi connectivity index (χ2n) is 6.53. The van der Waals surface area contributed by atoms with Gasteiger partial charge in [-0.15, -0.1) is 0 Å². The van der Waals surface area contributed by atoms with Crippen molar-refractivity contribution in [2.45, 2.75) is 0 Å². The number of rotatable bonds is 4. The van der Waals surface area contributed by atoms with Gasteiger partial charge in [-0.25, -0.2) is 9.97 Å². The van der Waals surface area contributed by atoms with Gasteiger partial charge >= 0.3 is 0 Å². The number of piperazine rings is 1. The number of anilines is 3. The van der Waals surface area contributed by atoms with Gasteiger partial charge in [0.15, 0.2) is 0 Å². The van der Waals surface area contributed by atoms with Crippen molar-refractivity contribution >= 4 is 34.8 Å². The number of halogens is 1. The molecule has 6 nitrogen and oxygen atoms in total. The van der Waals surface area contributed by atoms with Crippen LogP contribution in [0.3, 0.4) is 0 Å². The smallest absolute Gasteiger partial charge is 0.256 e. The van der Waals surface area contributed by atoms with Gasteiger partial charge in [0.25, 0.3) is 5.91 Å². The SMILES string of the molecule is O=C(Nc1cc(N2CCN(c3ccccc3)CC2)ncn1)c1ccc(Cl)cc1. The molecule has 4 rings (SSSR count). The van der Waals surface area contributed by atoms with Gasteiger partial charge in [-0.05, 0) is 36.4 Å². The summed E-state index contributed by atoms with van der Waals surface area (Å²) in [6.07, 6.45) is 1.48. The predicted octanol–water partition coefficient (Wildman–Crippen LogP) is 3.71. The van der Waals surface area contributed by atoms with Gasteiger partial charge in [-0.2, -0.15) is 0 Å². The van der Waals surface area contributed by atoms with Crippen molar-refractivity contribution in [2.24, 2.45) is 0 Å². The Morgan fingerprint density at radius 3 is 2.29 bits per heavy atom. The highest BCUT2D eigenvalue weighted by molar-refractivity contribution is 6.30. The second kappa shape index (κ2) is 8.27. The molecule has 2 heterocycles.